The summed E-state index contributed by atoms with van der Waals surface area (Å²) in [5.41, 5.74) is 0.787. The van der Waals surface area contributed by atoms with Crippen LogP contribution in [0.3, 0.4) is 0 Å². The molecule has 220 valence electrons. The Morgan fingerprint density at radius 3 is 2.45 bits per heavy atom. The summed E-state index contributed by atoms with van der Waals surface area (Å²) in [6.45, 7) is 5.92. The number of rotatable bonds is 15. The summed E-state index contributed by atoms with van der Waals surface area (Å²) >= 11 is 5.22. The number of hydrogen-bond acceptors (Lipinski definition) is 6. The summed E-state index contributed by atoms with van der Waals surface area (Å²) in [5, 5.41) is 14.3. The summed E-state index contributed by atoms with van der Waals surface area (Å²) in [4.78, 5) is 63.0. The van der Waals surface area contributed by atoms with Crippen LogP contribution in [0, 0.1) is 5.92 Å². The van der Waals surface area contributed by atoms with E-state index in [1.807, 2.05) is 49.9 Å². The van der Waals surface area contributed by atoms with E-state index in [9.17, 15) is 24.0 Å². The molecule has 2 heterocycles. The van der Waals surface area contributed by atoms with Crippen LogP contribution in [-0.2, 0) is 25.6 Å². The van der Waals surface area contributed by atoms with E-state index in [0.29, 0.717) is 24.6 Å². The quantitative estimate of drug-likeness (QED) is 0.113. The predicted molar refractivity (Wildman–Crippen MR) is 159 cm³/mol. The molecule has 2 fully saturated rings. The van der Waals surface area contributed by atoms with Crippen LogP contribution in [0.5, 0.6) is 0 Å². The van der Waals surface area contributed by atoms with Gasteiger partial charge >= 0.3 is 6.03 Å². The van der Waals surface area contributed by atoms with Gasteiger partial charge in [0.15, 0.2) is 0 Å². The maximum atomic E-state index is 13.3. The van der Waals surface area contributed by atoms with E-state index in [-0.39, 0.29) is 42.8 Å². The topological polar surface area (TPSA) is 146 Å². The van der Waals surface area contributed by atoms with Crippen LogP contribution in [-0.4, -0.2) is 71.3 Å². The van der Waals surface area contributed by atoms with Gasteiger partial charge in [-0.25, -0.2) is 4.79 Å². The first-order valence-electron chi connectivity index (χ1n) is 13.9. The molecule has 0 saturated carbocycles. The van der Waals surface area contributed by atoms with Gasteiger partial charge in [-0.1, -0.05) is 48.3 Å². The third-order valence-corrected chi connectivity index (χ3v) is 9.02. The Bertz CT molecular complexity index is 1070. The number of hydrogen-bond donors (Lipinski definition) is 5. The zero-order valence-electron chi connectivity index (χ0n) is 23.3. The van der Waals surface area contributed by atoms with E-state index in [4.69, 9.17) is 0 Å². The van der Waals surface area contributed by atoms with Gasteiger partial charge in [-0.15, -0.1) is 0 Å². The molecule has 0 aromatic heterocycles. The van der Waals surface area contributed by atoms with E-state index in [1.165, 1.54) is 0 Å². The zero-order chi connectivity index (χ0) is 29.2. The third-order valence-electron chi connectivity index (χ3n) is 6.99. The van der Waals surface area contributed by atoms with Crippen LogP contribution >= 0.6 is 27.7 Å². The van der Waals surface area contributed by atoms with Gasteiger partial charge in [0.2, 0.25) is 17.6 Å². The zero-order valence-corrected chi connectivity index (χ0v) is 25.7. The number of unbranched alkanes of at least 4 members (excludes halogenated alkanes) is 1. The molecule has 5 atom stereocenters. The van der Waals surface area contributed by atoms with E-state index < -0.39 is 29.7 Å². The van der Waals surface area contributed by atoms with Crippen molar-refractivity contribution < 1.29 is 24.0 Å². The summed E-state index contributed by atoms with van der Waals surface area (Å²) in [5.74, 6) is -1.19. The van der Waals surface area contributed by atoms with E-state index >= 15 is 0 Å². The molecule has 40 heavy (non-hydrogen) atoms. The Kier molecular flexibility index (Phi) is 12.3. The van der Waals surface area contributed by atoms with E-state index in [0.717, 1.165) is 28.6 Å². The van der Waals surface area contributed by atoms with Crippen molar-refractivity contribution in [2.75, 3.05) is 12.3 Å². The molecule has 5 N–H and O–H groups in total. The van der Waals surface area contributed by atoms with Gasteiger partial charge in [-0.2, -0.15) is 11.8 Å². The van der Waals surface area contributed by atoms with E-state index in [1.54, 1.807) is 6.92 Å². The number of Topliss-reactive ketones (excluding diaryl/α,β-unsaturated/α-hetero) is 1. The highest BCUT2D eigenvalue weighted by atomic mass is 79.9. The van der Waals surface area contributed by atoms with Crippen LogP contribution < -0.4 is 26.6 Å². The second-order valence-electron chi connectivity index (χ2n) is 10.7. The lowest BCUT2D eigenvalue weighted by Gasteiger charge is -2.24. The highest BCUT2D eigenvalue weighted by molar-refractivity contribution is 9.10. The van der Waals surface area contributed by atoms with Gasteiger partial charge in [0.25, 0.3) is 5.91 Å². The lowest BCUT2D eigenvalue weighted by molar-refractivity contribution is -0.140. The van der Waals surface area contributed by atoms with Crippen molar-refractivity contribution in [1.29, 1.82) is 0 Å². The number of carbonyl (C=O) groups is 5. The average molecular weight is 639 g/mol. The molecule has 0 spiro atoms. The van der Waals surface area contributed by atoms with Crippen LogP contribution in [0.15, 0.2) is 28.7 Å². The van der Waals surface area contributed by atoms with Gasteiger partial charge in [-0.3, -0.25) is 19.2 Å². The van der Waals surface area contributed by atoms with Crippen molar-refractivity contribution in [2.24, 2.45) is 5.92 Å². The molecule has 0 radical (unpaired) electrons. The van der Waals surface area contributed by atoms with Crippen molar-refractivity contribution >= 4 is 57.2 Å². The van der Waals surface area contributed by atoms with Crippen molar-refractivity contribution in [3.05, 3.63) is 34.3 Å². The Morgan fingerprint density at radius 1 is 1.05 bits per heavy atom. The SMILES string of the molecule is CCNC(=O)C(=O)[C@H](Cc1ccc(Br)cc1)NC(=O)[C@H](CC(C)C)NC(=O)CCCCC1SC[C@@H]2NC(=O)N[C@H]12. The van der Waals surface area contributed by atoms with E-state index in [2.05, 4.69) is 42.5 Å². The lowest BCUT2D eigenvalue weighted by Crippen LogP contribution is -2.54. The fourth-order valence-corrected chi connectivity index (χ4v) is 6.80. The normalized spacial score (nSPS) is 21.1. The number of thioether (sulfide) groups is 1. The van der Waals surface area contributed by atoms with Crippen molar-refractivity contribution in [3.8, 4) is 0 Å². The van der Waals surface area contributed by atoms with Crippen LogP contribution in [0.2, 0.25) is 0 Å². The van der Waals surface area contributed by atoms with Gasteiger partial charge in [0.05, 0.1) is 12.1 Å². The third kappa shape index (κ3) is 9.50. The minimum absolute atomic E-state index is 0.110. The highest BCUT2D eigenvalue weighted by Gasteiger charge is 2.42. The minimum atomic E-state index is -1.06. The molecule has 2 aliphatic rings. The maximum absolute atomic E-state index is 13.3. The first-order valence-corrected chi connectivity index (χ1v) is 15.8. The maximum Gasteiger partial charge on any atom is 0.315 e. The average Bonchev–Trinajstić information content (AvgIpc) is 3.45. The van der Waals surface area contributed by atoms with Crippen molar-refractivity contribution in [2.45, 2.75) is 88.7 Å². The largest absolute Gasteiger partial charge is 0.350 e. The van der Waals surface area contributed by atoms with Gasteiger partial charge in [0, 0.05) is 34.9 Å². The number of nitrogens with one attached hydrogen (secondary N) is 5. The first kappa shape index (κ1) is 31.9. The molecule has 1 unspecified atom stereocenters. The van der Waals surface area contributed by atoms with Crippen LogP contribution in [0.25, 0.3) is 0 Å². The number of carbonyl (C=O) groups excluding carboxylic acids is 5. The fraction of sp³-hybridized carbons (Fsp3) is 0.607. The number of halogens is 1. The molecule has 1 aromatic carbocycles. The highest BCUT2D eigenvalue weighted by Crippen LogP contribution is 2.33. The van der Waals surface area contributed by atoms with Gasteiger partial charge in [-0.05, 0) is 49.8 Å². The van der Waals surface area contributed by atoms with Crippen molar-refractivity contribution in [1.82, 2.24) is 26.6 Å². The number of benzene rings is 1. The molecular weight excluding hydrogens is 598 g/mol. The Labute approximate surface area is 248 Å². The summed E-state index contributed by atoms with van der Waals surface area (Å²) in [6, 6.07) is 5.62. The lowest BCUT2D eigenvalue weighted by atomic mass is 9.99. The minimum Gasteiger partial charge on any atom is -0.350 e. The smallest absolute Gasteiger partial charge is 0.315 e. The molecule has 0 aliphatic carbocycles. The van der Waals surface area contributed by atoms with Gasteiger partial charge < -0.3 is 26.6 Å². The van der Waals surface area contributed by atoms with Crippen molar-refractivity contribution in [3.63, 3.8) is 0 Å². The Balaban J connectivity index is 1.55. The Morgan fingerprint density at radius 2 is 1.77 bits per heavy atom. The molecule has 0 bridgehead atoms. The van der Waals surface area contributed by atoms with Gasteiger partial charge in [0.1, 0.15) is 12.1 Å². The van der Waals surface area contributed by atoms with Crippen LogP contribution in [0.4, 0.5) is 4.79 Å². The number of urea groups is 1. The standard InChI is InChI=1S/C28H40BrN5O5S/c1-4-30-27(38)25(36)19(14-17-9-11-18(29)12-10-17)32-26(37)20(13-16(2)3)31-23(35)8-6-5-7-22-24-21(15-40-22)33-28(39)34-24/h9-12,16,19-22,24H,4-8,13-15H2,1-3H3,(H,30,38)(H,31,35)(H,32,37)(H2,33,34,39)/t19-,20-,21-,22?,24-/m0/s1. The summed E-state index contributed by atoms with van der Waals surface area (Å²) in [6.07, 6.45) is 3.22. The molecule has 3 rings (SSSR count). The molecule has 2 saturated heterocycles. The number of ketones is 1. The first-order chi connectivity index (χ1) is 19.1. The number of likely N-dealkylation sites (N-methyl/N-ethyl adjacent to an activating group) is 1. The molecule has 10 nitrogen and oxygen atoms in total. The Hall–Kier alpha value is -2.60. The molecule has 12 heteroatoms. The molecule has 1 aromatic rings. The molecular formula is C28H40BrN5O5S. The second-order valence-corrected chi connectivity index (χ2v) is 12.9. The van der Waals surface area contributed by atoms with Crippen LogP contribution in [0.1, 0.15) is 58.4 Å². The number of fused-ring (bicyclic) bond motifs is 1. The molecule has 2 aliphatic heterocycles. The fourth-order valence-electron chi connectivity index (χ4n) is 4.99. The second kappa shape index (κ2) is 15.4. The molecule has 5 amide bonds. The predicted octanol–water partition coefficient (Wildman–Crippen LogP) is 2.44. The number of amides is 5. The monoisotopic (exact) mass is 637 g/mol. The summed E-state index contributed by atoms with van der Waals surface area (Å²) in [7, 11) is 0. The summed E-state index contributed by atoms with van der Waals surface area (Å²) < 4.78 is 0.875.